The van der Waals surface area contributed by atoms with Crippen molar-refractivity contribution in [3.63, 3.8) is 0 Å². The zero-order valence-corrected chi connectivity index (χ0v) is 8.41. The zero-order valence-electron chi connectivity index (χ0n) is 8.41. The minimum absolute atomic E-state index is 0.472. The van der Waals surface area contributed by atoms with Crippen LogP contribution in [0.1, 0.15) is 20.8 Å². The Morgan fingerprint density at radius 3 is 2.46 bits per heavy atom. The highest BCUT2D eigenvalue weighted by Gasteiger charge is 1.99. The molecule has 0 atom stereocenters. The number of nitrogens with two attached hydrogens (primary N) is 1. The zero-order chi connectivity index (χ0) is 9.84. The summed E-state index contributed by atoms with van der Waals surface area (Å²) in [5.74, 6) is 0.472. The molecule has 13 heavy (non-hydrogen) atoms. The summed E-state index contributed by atoms with van der Waals surface area (Å²) in [4.78, 5) is 4.45. The Kier molecular flexibility index (Phi) is 3.07. The number of hydrogen-bond donors (Lipinski definition) is 1. The van der Waals surface area contributed by atoms with Gasteiger partial charge in [-0.25, -0.2) is 0 Å². The number of para-hydroxylation sites is 2. The lowest BCUT2D eigenvalue weighted by Crippen LogP contribution is -2.01. The van der Waals surface area contributed by atoms with Crippen molar-refractivity contribution in [2.24, 2.45) is 10.9 Å². The van der Waals surface area contributed by atoms with E-state index < -0.39 is 0 Å². The van der Waals surface area contributed by atoms with Crippen molar-refractivity contribution >= 4 is 17.1 Å². The van der Waals surface area contributed by atoms with Crippen molar-refractivity contribution in [3.05, 3.63) is 24.3 Å². The molecule has 0 saturated heterocycles. The number of hydrogen-bond acceptors (Lipinski definition) is 2. The summed E-state index contributed by atoms with van der Waals surface area (Å²) in [7, 11) is 0. The van der Waals surface area contributed by atoms with Gasteiger partial charge in [-0.1, -0.05) is 26.0 Å². The second-order valence-corrected chi connectivity index (χ2v) is 3.47. The first kappa shape index (κ1) is 9.78. The molecular formula is C11H16N2. The highest BCUT2D eigenvalue weighted by molar-refractivity contribution is 5.87. The lowest BCUT2D eigenvalue weighted by Gasteiger charge is -2.05. The van der Waals surface area contributed by atoms with Gasteiger partial charge in [0, 0.05) is 5.71 Å². The smallest absolute Gasteiger partial charge is 0.0858 e. The molecule has 0 aliphatic rings. The van der Waals surface area contributed by atoms with Crippen LogP contribution in [-0.4, -0.2) is 5.71 Å². The van der Waals surface area contributed by atoms with E-state index in [1.807, 2.05) is 31.2 Å². The first-order valence-corrected chi connectivity index (χ1v) is 4.51. The van der Waals surface area contributed by atoms with Crippen LogP contribution < -0.4 is 5.73 Å². The number of nitrogen functional groups attached to an aromatic ring is 1. The van der Waals surface area contributed by atoms with Crippen molar-refractivity contribution in [2.45, 2.75) is 20.8 Å². The minimum Gasteiger partial charge on any atom is -0.397 e. The Labute approximate surface area is 79.5 Å². The van der Waals surface area contributed by atoms with Crippen molar-refractivity contribution in [3.8, 4) is 0 Å². The lowest BCUT2D eigenvalue weighted by atomic mass is 10.1. The molecule has 2 N–H and O–H groups in total. The predicted octanol–water partition coefficient (Wildman–Crippen LogP) is 3.02. The fraction of sp³-hybridized carbons (Fsp3) is 0.364. The molecule has 0 amide bonds. The molecule has 2 heteroatoms. The van der Waals surface area contributed by atoms with Gasteiger partial charge in [0.05, 0.1) is 11.4 Å². The van der Waals surface area contributed by atoms with E-state index in [9.17, 15) is 0 Å². The number of aliphatic imine (C=N–C) groups is 1. The summed E-state index contributed by atoms with van der Waals surface area (Å²) in [5.41, 5.74) is 8.48. The summed E-state index contributed by atoms with van der Waals surface area (Å²) >= 11 is 0. The normalized spacial score (nSPS) is 12.2. The second kappa shape index (κ2) is 4.08. The second-order valence-electron chi connectivity index (χ2n) is 3.47. The number of nitrogens with zero attached hydrogens (tertiary/aromatic N) is 1. The van der Waals surface area contributed by atoms with Gasteiger partial charge in [0.1, 0.15) is 0 Å². The third-order valence-electron chi connectivity index (χ3n) is 2.07. The Morgan fingerprint density at radius 2 is 1.92 bits per heavy atom. The first-order valence-electron chi connectivity index (χ1n) is 4.51. The van der Waals surface area contributed by atoms with E-state index in [0.717, 1.165) is 17.1 Å². The van der Waals surface area contributed by atoms with Crippen LogP contribution in [0, 0.1) is 5.92 Å². The third-order valence-corrected chi connectivity index (χ3v) is 2.07. The maximum Gasteiger partial charge on any atom is 0.0858 e. The molecule has 0 aromatic heterocycles. The van der Waals surface area contributed by atoms with Crippen molar-refractivity contribution in [1.82, 2.24) is 0 Å². The molecule has 0 heterocycles. The summed E-state index contributed by atoms with van der Waals surface area (Å²) in [6.45, 7) is 6.27. The van der Waals surface area contributed by atoms with Gasteiger partial charge in [-0.05, 0) is 25.0 Å². The molecule has 0 bridgehead atoms. The third kappa shape index (κ3) is 2.58. The predicted molar refractivity (Wildman–Crippen MR) is 58.5 cm³/mol. The standard InChI is InChI=1S/C11H16N2/c1-8(2)9(3)13-11-7-5-4-6-10(11)12/h4-8H,12H2,1-3H3/b13-9-. The van der Waals surface area contributed by atoms with Gasteiger partial charge in [-0.3, -0.25) is 4.99 Å². The monoisotopic (exact) mass is 176 g/mol. The van der Waals surface area contributed by atoms with E-state index in [1.54, 1.807) is 0 Å². The summed E-state index contributed by atoms with van der Waals surface area (Å²) in [6, 6.07) is 7.66. The van der Waals surface area contributed by atoms with E-state index in [4.69, 9.17) is 5.73 Å². The van der Waals surface area contributed by atoms with Crippen LogP contribution in [0.2, 0.25) is 0 Å². The van der Waals surface area contributed by atoms with Crippen LogP contribution in [0.15, 0.2) is 29.3 Å². The molecule has 70 valence electrons. The number of rotatable bonds is 2. The first-order chi connectivity index (χ1) is 6.11. The molecule has 1 aromatic rings. The summed E-state index contributed by atoms with van der Waals surface area (Å²) < 4.78 is 0. The highest BCUT2D eigenvalue weighted by Crippen LogP contribution is 2.21. The number of anilines is 1. The molecule has 1 aromatic carbocycles. The lowest BCUT2D eigenvalue weighted by molar-refractivity contribution is 0.879. The van der Waals surface area contributed by atoms with Gasteiger partial charge in [0.25, 0.3) is 0 Å². The highest BCUT2D eigenvalue weighted by atomic mass is 14.8. The Hall–Kier alpha value is -1.31. The SMILES string of the molecule is C/C(=N/c1ccccc1N)C(C)C. The largest absolute Gasteiger partial charge is 0.397 e. The topological polar surface area (TPSA) is 38.4 Å². The van der Waals surface area contributed by atoms with Gasteiger partial charge < -0.3 is 5.73 Å². The van der Waals surface area contributed by atoms with Crippen LogP contribution in [0.4, 0.5) is 11.4 Å². The van der Waals surface area contributed by atoms with E-state index in [1.165, 1.54) is 0 Å². The Bertz CT molecular complexity index is 314. The molecule has 0 unspecified atom stereocenters. The maximum absolute atomic E-state index is 5.76. The molecule has 0 radical (unpaired) electrons. The minimum atomic E-state index is 0.472. The summed E-state index contributed by atoms with van der Waals surface area (Å²) in [6.07, 6.45) is 0. The molecule has 1 rings (SSSR count). The van der Waals surface area contributed by atoms with Crippen molar-refractivity contribution < 1.29 is 0 Å². The molecule has 0 fully saturated rings. The van der Waals surface area contributed by atoms with E-state index in [0.29, 0.717) is 5.92 Å². The average Bonchev–Trinajstić information content (AvgIpc) is 2.08. The van der Waals surface area contributed by atoms with Crippen LogP contribution in [-0.2, 0) is 0 Å². The van der Waals surface area contributed by atoms with Gasteiger partial charge in [-0.15, -0.1) is 0 Å². The molecule has 0 spiro atoms. The fourth-order valence-electron chi connectivity index (χ4n) is 0.908. The van der Waals surface area contributed by atoms with Crippen molar-refractivity contribution in [1.29, 1.82) is 0 Å². The Morgan fingerprint density at radius 1 is 1.31 bits per heavy atom. The van der Waals surface area contributed by atoms with Gasteiger partial charge in [0.2, 0.25) is 0 Å². The van der Waals surface area contributed by atoms with Crippen LogP contribution in [0.25, 0.3) is 0 Å². The summed E-state index contributed by atoms with van der Waals surface area (Å²) in [5, 5.41) is 0. The van der Waals surface area contributed by atoms with E-state index in [-0.39, 0.29) is 0 Å². The molecule has 0 aliphatic carbocycles. The molecular weight excluding hydrogens is 160 g/mol. The maximum atomic E-state index is 5.76. The van der Waals surface area contributed by atoms with Gasteiger partial charge in [0.15, 0.2) is 0 Å². The van der Waals surface area contributed by atoms with E-state index in [2.05, 4.69) is 18.8 Å². The fourth-order valence-corrected chi connectivity index (χ4v) is 0.908. The van der Waals surface area contributed by atoms with Crippen LogP contribution in [0.5, 0.6) is 0 Å². The van der Waals surface area contributed by atoms with Gasteiger partial charge in [-0.2, -0.15) is 0 Å². The van der Waals surface area contributed by atoms with Crippen molar-refractivity contribution in [2.75, 3.05) is 5.73 Å². The molecule has 2 nitrogen and oxygen atoms in total. The average molecular weight is 176 g/mol. The van der Waals surface area contributed by atoms with Crippen LogP contribution >= 0.6 is 0 Å². The van der Waals surface area contributed by atoms with Gasteiger partial charge >= 0.3 is 0 Å². The Balaban J connectivity index is 2.97. The molecule has 0 saturated carbocycles. The molecule has 0 aliphatic heterocycles. The number of benzene rings is 1. The van der Waals surface area contributed by atoms with Crippen LogP contribution in [0.3, 0.4) is 0 Å². The van der Waals surface area contributed by atoms with E-state index >= 15 is 0 Å². The quantitative estimate of drug-likeness (QED) is 0.546.